The van der Waals surface area contributed by atoms with E-state index >= 15 is 0 Å². The molecule has 0 bridgehead atoms. The predicted molar refractivity (Wildman–Crippen MR) is 116 cm³/mol. The molecule has 2 amide bonds. The average molecular weight is 393 g/mol. The number of hydrogen-bond donors (Lipinski definition) is 2. The highest BCUT2D eigenvalue weighted by molar-refractivity contribution is 6.01. The quantitative estimate of drug-likeness (QED) is 0.585. The second kappa shape index (κ2) is 9.37. The number of carbonyl (C=O) groups excluding carboxylic acids is 2. The Labute approximate surface area is 171 Å². The highest BCUT2D eigenvalue weighted by Gasteiger charge is 2.30. The van der Waals surface area contributed by atoms with E-state index in [0.717, 1.165) is 41.6 Å². The van der Waals surface area contributed by atoms with Gasteiger partial charge < -0.3 is 16.0 Å². The lowest BCUT2D eigenvalue weighted by Gasteiger charge is -2.25. The molecule has 0 radical (unpaired) electrons. The highest BCUT2D eigenvalue weighted by atomic mass is 16.2. The molecule has 2 aromatic rings. The largest absolute Gasteiger partial charge is 0.384 e. The Bertz CT molecular complexity index is 905. The Morgan fingerprint density at radius 3 is 2.62 bits per heavy atom. The van der Waals surface area contributed by atoms with Gasteiger partial charge in [0.25, 0.3) is 0 Å². The molecule has 1 unspecified atom stereocenters. The number of amidine groups is 1. The zero-order valence-electron chi connectivity index (χ0n) is 17.0. The Morgan fingerprint density at radius 2 is 1.93 bits per heavy atom. The lowest BCUT2D eigenvalue weighted by Crippen LogP contribution is -2.42. The van der Waals surface area contributed by atoms with E-state index in [1.165, 1.54) is 0 Å². The van der Waals surface area contributed by atoms with Crippen molar-refractivity contribution in [2.45, 2.75) is 32.7 Å². The minimum atomic E-state index is -0.177. The van der Waals surface area contributed by atoms with Gasteiger partial charge >= 0.3 is 0 Å². The number of fused-ring (bicyclic) bond motifs is 1. The molecule has 3 rings (SSSR count). The summed E-state index contributed by atoms with van der Waals surface area (Å²) in [5.41, 5.74) is 9.58. The molecule has 2 aromatic carbocycles. The van der Waals surface area contributed by atoms with Crippen LogP contribution in [-0.2, 0) is 22.6 Å². The van der Waals surface area contributed by atoms with Crippen LogP contribution >= 0.6 is 0 Å². The first-order valence-electron chi connectivity index (χ1n) is 10.0. The number of amides is 2. The number of hydrogen-bond acceptors (Lipinski definition) is 3. The summed E-state index contributed by atoms with van der Waals surface area (Å²) in [6.45, 7) is 2.44. The third-order valence-corrected chi connectivity index (χ3v) is 5.43. The Kier molecular flexibility index (Phi) is 6.65. The van der Waals surface area contributed by atoms with Gasteiger partial charge in [-0.1, -0.05) is 49.4 Å². The van der Waals surface area contributed by atoms with Crippen LogP contribution in [0.15, 0.2) is 53.5 Å². The SMILES string of the molecule is CCC1CCc2ccccc2N(CC(=O)NCc2ccc(C(N)=NC)cc2)C1=O. The number of aryl methyl sites for hydroxylation is 1. The molecule has 0 saturated carbocycles. The maximum Gasteiger partial charge on any atom is 0.240 e. The van der Waals surface area contributed by atoms with E-state index in [1.54, 1.807) is 11.9 Å². The summed E-state index contributed by atoms with van der Waals surface area (Å²) in [7, 11) is 1.65. The first-order chi connectivity index (χ1) is 14.0. The second-order valence-electron chi connectivity index (χ2n) is 7.28. The van der Waals surface area contributed by atoms with Crippen molar-refractivity contribution in [3.8, 4) is 0 Å². The van der Waals surface area contributed by atoms with Crippen LogP contribution in [0.3, 0.4) is 0 Å². The van der Waals surface area contributed by atoms with E-state index in [9.17, 15) is 9.59 Å². The van der Waals surface area contributed by atoms with Gasteiger partial charge in [0.15, 0.2) is 0 Å². The summed E-state index contributed by atoms with van der Waals surface area (Å²) in [4.78, 5) is 31.2. The number of nitrogens with two attached hydrogens (primary N) is 1. The maximum atomic E-state index is 13.0. The van der Waals surface area contributed by atoms with E-state index in [0.29, 0.717) is 12.4 Å². The number of nitrogens with zero attached hydrogens (tertiary/aromatic N) is 2. The normalized spacial score (nSPS) is 16.9. The third kappa shape index (κ3) is 4.83. The molecule has 1 aliphatic rings. The van der Waals surface area contributed by atoms with Crippen LogP contribution in [0.25, 0.3) is 0 Å². The van der Waals surface area contributed by atoms with E-state index in [4.69, 9.17) is 5.73 Å². The molecule has 0 saturated heterocycles. The van der Waals surface area contributed by atoms with Gasteiger partial charge in [0, 0.05) is 30.8 Å². The van der Waals surface area contributed by atoms with Crippen molar-refractivity contribution in [2.75, 3.05) is 18.5 Å². The van der Waals surface area contributed by atoms with E-state index in [1.807, 2.05) is 55.5 Å². The molecule has 0 aromatic heterocycles. The van der Waals surface area contributed by atoms with Crippen molar-refractivity contribution in [1.82, 2.24) is 5.32 Å². The molecule has 0 aliphatic carbocycles. The molecular weight excluding hydrogens is 364 g/mol. The summed E-state index contributed by atoms with van der Waals surface area (Å²) in [5.74, 6) is 0.285. The van der Waals surface area contributed by atoms with Gasteiger partial charge in [-0.05, 0) is 36.5 Å². The van der Waals surface area contributed by atoms with Crippen molar-refractivity contribution in [3.05, 3.63) is 65.2 Å². The molecule has 1 aliphatic heterocycles. The fourth-order valence-electron chi connectivity index (χ4n) is 3.64. The lowest BCUT2D eigenvalue weighted by molar-refractivity contribution is -0.126. The van der Waals surface area contributed by atoms with Crippen LogP contribution in [0.4, 0.5) is 5.69 Å². The minimum absolute atomic E-state index is 0.0276. The van der Waals surface area contributed by atoms with Crippen molar-refractivity contribution < 1.29 is 9.59 Å². The van der Waals surface area contributed by atoms with Crippen LogP contribution in [0.1, 0.15) is 36.5 Å². The second-order valence-corrected chi connectivity index (χ2v) is 7.28. The Balaban J connectivity index is 1.68. The molecule has 6 nitrogen and oxygen atoms in total. The van der Waals surface area contributed by atoms with Crippen molar-refractivity contribution in [1.29, 1.82) is 0 Å². The molecule has 6 heteroatoms. The van der Waals surface area contributed by atoms with Crippen LogP contribution in [0.2, 0.25) is 0 Å². The Morgan fingerprint density at radius 1 is 1.21 bits per heavy atom. The zero-order chi connectivity index (χ0) is 20.8. The lowest BCUT2D eigenvalue weighted by atomic mass is 9.98. The smallest absolute Gasteiger partial charge is 0.240 e. The van der Waals surface area contributed by atoms with Crippen LogP contribution < -0.4 is 16.0 Å². The molecule has 0 spiro atoms. The standard InChI is InChI=1S/C23H28N4O2/c1-3-17-12-13-18-6-4-5-7-20(18)27(23(17)29)15-21(28)26-14-16-8-10-19(11-9-16)22(24)25-2/h4-11,17H,3,12-15H2,1-2H3,(H2,24,25)(H,26,28). The summed E-state index contributed by atoms with van der Waals surface area (Å²) in [5, 5.41) is 2.92. The van der Waals surface area contributed by atoms with Gasteiger partial charge in [0.1, 0.15) is 12.4 Å². The molecule has 0 fully saturated rings. The molecule has 152 valence electrons. The van der Waals surface area contributed by atoms with Crippen molar-refractivity contribution in [2.24, 2.45) is 16.6 Å². The summed E-state index contributed by atoms with van der Waals surface area (Å²) in [6, 6.07) is 15.4. The maximum absolute atomic E-state index is 13.0. The Hall–Kier alpha value is -3.15. The molecular formula is C23H28N4O2. The molecule has 3 N–H and O–H groups in total. The summed E-state index contributed by atoms with van der Waals surface area (Å²) >= 11 is 0. The van der Waals surface area contributed by atoms with Gasteiger partial charge in [-0.15, -0.1) is 0 Å². The number of aliphatic imine (C=N–C) groups is 1. The first-order valence-corrected chi connectivity index (χ1v) is 10.0. The molecule has 1 atom stereocenters. The van der Waals surface area contributed by atoms with Crippen LogP contribution in [0, 0.1) is 5.92 Å². The van der Waals surface area contributed by atoms with Gasteiger partial charge in [-0.3, -0.25) is 14.6 Å². The van der Waals surface area contributed by atoms with Crippen LogP contribution in [0.5, 0.6) is 0 Å². The van der Waals surface area contributed by atoms with E-state index < -0.39 is 0 Å². The zero-order valence-corrected chi connectivity index (χ0v) is 17.0. The van der Waals surface area contributed by atoms with Gasteiger partial charge in [0.2, 0.25) is 11.8 Å². The molecule has 29 heavy (non-hydrogen) atoms. The monoisotopic (exact) mass is 392 g/mol. The van der Waals surface area contributed by atoms with E-state index in [-0.39, 0.29) is 24.3 Å². The number of nitrogens with one attached hydrogen (secondary N) is 1. The first kappa shape index (κ1) is 20.6. The van der Waals surface area contributed by atoms with Crippen molar-refractivity contribution in [3.63, 3.8) is 0 Å². The topological polar surface area (TPSA) is 87.8 Å². The highest BCUT2D eigenvalue weighted by Crippen LogP contribution is 2.30. The fourth-order valence-corrected chi connectivity index (χ4v) is 3.64. The minimum Gasteiger partial charge on any atom is -0.384 e. The van der Waals surface area contributed by atoms with Crippen LogP contribution in [-0.4, -0.2) is 31.2 Å². The predicted octanol–water partition coefficient (Wildman–Crippen LogP) is 2.64. The number of benzene rings is 2. The van der Waals surface area contributed by atoms with Gasteiger partial charge in [-0.2, -0.15) is 0 Å². The number of rotatable bonds is 6. The summed E-state index contributed by atoms with van der Waals surface area (Å²) < 4.78 is 0. The van der Waals surface area contributed by atoms with Gasteiger partial charge in [-0.25, -0.2) is 0 Å². The molecule has 1 heterocycles. The average Bonchev–Trinajstić information content (AvgIpc) is 2.89. The summed E-state index contributed by atoms with van der Waals surface area (Å²) in [6.07, 6.45) is 2.46. The van der Waals surface area contributed by atoms with Crippen molar-refractivity contribution >= 4 is 23.3 Å². The third-order valence-electron chi connectivity index (χ3n) is 5.43. The number of carbonyl (C=O) groups is 2. The van der Waals surface area contributed by atoms with E-state index in [2.05, 4.69) is 10.3 Å². The number of anilines is 1. The van der Waals surface area contributed by atoms with Gasteiger partial charge in [0.05, 0.1) is 0 Å². The fraction of sp³-hybridized carbons (Fsp3) is 0.348. The number of para-hydroxylation sites is 1.